The zero-order valence-electron chi connectivity index (χ0n) is 10.8. The van der Waals surface area contributed by atoms with Crippen LogP contribution < -0.4 is 10.6 Å². The maximum Gasteiger partial charge on any atom is 0.271 e. The van der Waals surface area contributed by atoms with Crippen molar-refractivity contribution in [2.24, 2.45) is 5.92 Å². The molecule has 0 radical (unpaired) electrons. The fraction of sp³-hybridized carbons (Fsp3) is 0.538. The maximum atomic E-state index is 10.7. The van der Waals surface area contributed by atoms with Crippen LogP contribution in [0, 0.1) is 16.0 Å². The van der Waals surface area contributed by atoms with Crippen LogP contribution in [-0.2, 0) is 0 Å². The van der Waals surface area contributed by atoms with Crippen molar-refractivity contribution in [3.63, 3.8) is 0 Å². The lowest BCUT2D eigenvalue weighted by Crippen LogP contribution is -2.33. The summed E-state index contributed by atoms with van der Waals surface area (Å²) in [4.78, 5) is 12.6. The van der Waals surface area contributed by atoms with E-state index in [9.17, 15) is 10.1 Å². The average Bonchev–Trinajstić information content (AvgIpc) is 2.77. The van der Waals surface area contributed by atoms with E-state index in [2.05, 4.69) is 18.7 Å². The summed E-state index contributed by atoms with van der Waals surface area (Å²) in [6.07, 6.45) is 2.31. The Labute approximate surface area is 107 Å². The molecule has 0 aromatic heterocycles. The first-order valence-electron chi connectivity index (χ1n) is 6.31. The van der Waals surface area contributed by atoms with Gasteiger partial charge in [0.1, 0.15) is 0 Å². The lowest BCUT2D eigenvalue weighted by Gasteiger charge is -2.30. The Morgan fingerprint density at radius 2 is 2.22 bits per heavy atom. The minimum Gasteiger partial charge on any atom is -0.397 e. The smallest absolute Gasteiger partial charge is 0.271 e. The zero-order chi connectivity index (χ0) is 13.3. The zero-order valence-corrected chi connectivity index (χ0v) is 10.8. The highest BCUT2D eigenvalue weighted by molar-refractivity contribution is 5.71. The second kappa shape index (κ2) is 4.84. The summed E-state index contributed by atoms with van der Waals surface area (Å²) in [5, 5.41) is 10.7. The van der Waals surface area contributed by atoms with Crippen LogP contribution in [0.25, 0.3) is 0 Å². The number of nitrogen functional groups attached to an aromatic ring is 1. The van der Waals surface area contributed by atoms with Crippen LogP contribution in [0.15, 0.2) is 18.2 Å². The molecule has 1 aliphatic rings. The van der Waals surface area contributed by atoms with Crippen molar-refractivity contribution in [2.75, 3.05) is 17.2 Å². The van der Waals surface area contributed by atoms with Gasteiger partial charge in [0.2, 0.25) is 0 Å². The van der Waals surface area contributed by atoms with Gasteiger partial charge in [-0.1, -0.05) is 13.8 Å². The number of rotatable bonds is 3. The molecule has 1 fully saturated rings. The monoisotopic (exact) mass is 249 g/mol. The first-order valence-corrected chi connectivity index (χ1v) is 6.31. The molecule has 2 N–H and O–H groups in total. The van der Waals surface area contributed by atoms with Gasteiger partial charge in [-0.3, -0.25) is 10.1 Å². The lowest BCUT2D eigenvalue weighted by molar-refractivity contribution is -0.384. The third-order valence-corrected chi connectivity index (χ3v) is 3.60. The molecule has 0 bridgehead atoms. The minimum absolute atomic E-state index is 0.0524. The normalized spacial score (nSPS) is 19.5. The van der Waals surface area contributed by atoms with E-state index in [1.807, 2.05) is 0 Å². The van der Waals surface area contributed by atoms with Crippen LogP contribution in [-0.4, -0.2) is 17.5 Å². The van der Waals surface area contributed by atoms with E-state index < -0.39 is 4.92 Å². The number of non-ortho nitro benzene ring substituents is 1. The van der Waals surface area contributed by atoms with Crippen molar-refractivity contribution in [3.05, 3.63) is 28.3 Å². The third kappa shape index (κ3) is 2.25. The van der Waals surface area contributed by atoms with Crippen LogP contribution in [0.5, 0.6) is 0 Å². The molecule has 18 heavy (non-hydrogen) atoms. The Hall–Kier alpha value is -1.78. The molecule has 98 valence electrons. The molecule has 1 unspecified atom stereocenters. The molecule has 1 aromatic rings. The van der Waals surface area contributed by atoms with Gasteiger partial charge in [-0.25, -0.2) is 0 Å². The lowest BCUT2D eigenvalue weighted by atomic mass is 10.0. The van der Waals surface area contributed by atoms with Crippen molar-refractivity contribution < 1.29 is 4.92 Å². The van der Waals surface area contributed by atoms with E-state index in [1.54, 1.807) is 6.07 Å². The van der Waals surface area contributed by atoms with E-state index in [4.69, 9.17) is 5.73 Å². The first-order chi connectivity index (χ1) is 8.50. The van der Waals surface area contributed by atoms with Crippen molar-refractivity contribution in [2.45, 2.75) is 32.7 Å². The molecule has 0 saturated carbocycles. The third-order valence-electron chi connectivity index (χ3n) is 3.60. The summed E-state index contributed by atoms with van der Waals surface area (Å²) in [5.74, 6) is 0.557. The van der Waals surface area contributed by atoms with E-state index in [1.165, 1.54) is 12.1 Å². The fourth-order valence-corrected chi connectivity index (χ4v) is 2.70. The summed E-state index contributed by atoms with van der Waals surface area (Å²) in [6, 6.07) is 5.23. The molecule has 1 atom stereocenters. The number of hydrogen-bond donors (Lipinski definition) is 1. The van der Waals surface area contributed by atoms with Gasteiger partial charge < -0.3 is 10.6 Å². The molecular formula is C13H19N3O2. The molecule has 0 amide bonds. The number of anilines is 2. The Bertz CT molecular complexity index is 460. The molecule has 5 heteroatoms. The predicted molar refractivity (Wildman–Crippen MR) is 72.7 cm³/mol. The summed E-state index contributed by atoms with van der Waals surface area (Å²) in [5.41, 5.74) is 7.43. The van der Waals surface area contributed by atoms with Crippen LogP contribution in [0.2, 0.25) is 0 Å². The largest absolute Gasteiger partial charge is 0.397 e. The Kier molecular flexibility index (Phi) is 3.41. The van der Waals surface area contributed by atoms with Gasteiger partial charge in [-0.15, -0.1) is 0 Å². The van der Waals surface area contributed by atoms with E-state index in [0.29, 0.717) is 17.6 Å². The molecule has 1 heterocycles. The predicted octanol–water partition coefficient (Wildman–Crippen LogP) is 2.80. The van der Waals surface area contributed by atoms with Gasteiger partial charge in [0.15, 0.2) is 0 Å². The highest BCUT2D eigenvalue weighted by Crippen LogP contribution is 2.35. The molecule has 0 aliphatic carbocycles. The number of benzene rings is 1. The highest BCUT2D eigenvalue weighted by atomic mass is 16.6. The van der Waals surface area contributed by atoms with Gasteiger partial charge in [0.05, 0.1) is 16.3 Å². The van der Waals surface area contributed by atoms with Crippen LogP contribution in [0.4, 0.5) is 17.1 Å². The van der Waals surface area contributed by atoms with E-state index in [-0.39, 0.29) is 5.69 Å². The Morgan fingerprint density at radius 3 is 2.78 bits per heavy atom. The van der Waals surface area contributed by atoms with Crippen molar-refractivity contribution >= 4 is 17.1 Å². The topological polar surface area (TPSA) is 72.4 Å². The van der Waals surface area contributed by atoms with E-state index >= 15 is 0 Å². The van der Waals surface area contributed by atoms with E-state index in [0.717, 1.165) is 25.1 Å². The molecule has 1 saturated heterocycles. The standard InChI is InChI=1S/C13H19N3O2/c1-9(2)12-4-3-7-15(12)13-6-5-10(16(17)18)8-11(13)14/h5-6,8-9,12H,3-4,7,14H2,1-2H3. The fourth-order valence-electron chi connectivity index (χ4n) is 2.70. The second-order valence-corrected chi connectivity index (χ2v) is 5.15. The summed E-state index contributed by atoms with van der Waals surface area (Å²) in [6.45, 7) is 5.37. The molecule has 2 rings (SSSR count). The highest BCUT2D eigenvalue weighted by Gasteiger charge is 2.28. The summed E-state index contributed by atoms with van der Waals surface area (Å²) >= 11 is 0. The Morgan fingerprint density at radius 1 is 1.50 bits per heavy atom. The minimum atomic E-state index is -0.413. The van der Waals surface area contributed by atoms with Crippen molar-refractivity contribution in [1.82, 2.24) is 0 Å². The molecule has 5 nitrogen and oxygen atoms in total. The van der Waals surface area contributed by atoms with Crippen LogP contribution in [0.3, 0.4) is 0 Å². The quantitative estimate of drug-likeness (QED) is 0.508. The van der Waals surface area contributed by atoms with Gasteiger partial charge in [0, 0.05) is 24.7 Å². The average molecular weight is 249 g/mol. The number of nitrogens with zero attached hydrogens (tertiary/aromatic N) is 2. The molecule has 1 aliphatic heterocycles. The number of nitro groups is 1. The number of hydrogen-bond acceptors (Lipinski definition) is 4. The SMILES string of the molecule is CC(C)C1CCCN1c1ccc([N+](=O)[O-])cc1N. The molecule has 1 aromatic carbocycles. The van der Waals surface area contributed by atoms with Gasteiger partial charge in [-0.05, 0) is 24.8 Å². The van der Waals surface area contributed by atoms with Crippen molar-refractivity contribution in [1.29, 1.82) is 0 Å². The molecule has 0 spiro atoms. The summed E-state index contributed by atoms with van der Waals surface area (Å²) < 4.78 is 0. The van der Waals surface area contributed by atoms with Gasteiger partial charge >= 0.3 is 0 Å². The van der Waals surface area contributed by atoms with Gasteiger partial charge in [0.25, 0.3) is 5.69 Å². The van der Waals surface area contributed by atoms with Crippen LogP contribution >= 0.6 is 0 Å². The second-order valence-electron chi connectivity index (χ2n) is 5.15. The van der Waals surface area contributed by atoms with Gasteiger partial charge in [-0.2, -0.15) is 0 Å². The number of nitro benzene ring substituents is 1. The van der Waals surface area contributed by atoms with Crippen molar-refractivity contribution in [3.8, 4) is 0 Å². The summed E-state index contributed by atoms with van der Waals surface area (Å²) in [7, 11) is 0. The van der Waals surface area contributed by atoms with Crippen LogP contribution in [0.1, 0.15) is 26.7 Å². The number of nitrogens with two attached hydrogens (primary N) is 1. The Balaban J connectivity index is 2.31. The maximum absolute atomic E-state index is 10.7. The first kappa shape index (κ1) is 12.7. The molecular weight excluding hydrogens is 230 g/mol.